The van der Waals surface area contributed by atoms with Gasteiger partial charge in [0.15, 0.2) is 0 Å². The van der Waals surface area contributed by atoms with Crippen LogP contribution in [0.3, 0.4) is 0 Å². The minimum Gasteiger partial charge on any atom is -0.381 e. The Labute approximate surface area is 136 Å². The van der Waals surface area contributed by atoms with E-state index in [9.17, 15) is 9.90 Å². The van der Waals surface area contributed by atoms with Crippen LogP contribution in [0.5, 0.6) is 0 Å². The molecule has 4 nitrogen and oxygen atoms in total. The van der Waals surface area contributed by atoms with Crippen LogP contribution >= 0.6 is 11.6 Å². The second kappa shape index (κ2) is 5.09. The molecule has 0 spiro atoms. The normalized spacial score (nSPS) is 45.7. The molecular formula is C17H26ClNO3. The highest BCUT2D eigenvalue weighted by Crippen LogP contribution is 2.63. The average Bonchev–Trinajstić information content (AvgIpc) is 2.43. The minimum absolute atomic E-state index is 0.0234. The van der Waals surface area contributed by atoms with Crippen molar-refractivity contribution in [2.24, 2.45) is 17.3 Å². The Morgan fingerprint density at radius 2 is 1.82 bits per heavy atom. The highest BCUT2D eigenvalue weighted by Gasteiger charge is 2.57. The maximum atomic E-state index is 12.4. The summed E-state index contributed by atoms with van der Waals surface area (Å²) in [5.41, 5.74) is -1.07. The van der Waals surface area contributed by atoms with Crippen LogP contribution in [0.25, 0.3) is 0 Å². The van der Waals surface area contributed by atoms with Crippen molar-refractivity contribution in [2.45, 2.75) is 61.8 Å². The molecule has 0 aromatic rings. The molecule has 4 saturated carbocycles. The summed E-state index contributed by atoms with van der Waals surface area (Å²) < 4.78 is 5.25. The molecule has 4 aliphatic carbocycles. The van der Waals surface area contributed by atoms with Gasteiger partial charge in [0.1, 0.15) is 5.60 Å². The number of carbonyl (C=O) groups excluding carboxylic acids is 1. The Balaban J connectivity index is 1.42. The van der Waals surface area contributed by atoms with Crippen molar-refractivity contribution in [1.29, 1.82) is 0 Å². The number of carbonyl (C=O) groups is 1. The van der Waals surface area contributed by atoms with Gasteiger partial charge in [-0.2, -0.15) is 0 Å². The molecule has 5 rings (SSSR count). The Hall–Kier alpha value is -0.320. The van der Waals surface area contributed by atoms with E-state index in [1.165, 1.54) is 19.3 Å². The molecule has 0 aromatic heterocycles. The highest BCUT2D eigenvalue weighted by molar-refractivity contribution is 6.24. The summed E-state index contributed by atoms with van der Waals surface area (Å²) in [7, 11) is 0. The van der Waals surface area contributed by atoms with E-state index < -0.39 is 5.60 Å². The summed E-state index contributed by atoms with van der Waals surface area (Å²) in [4.78, 5) is 12.4. The van der Waals surface area contributed by atoms with E-state index in [0.717, 1.165) is 31.1 Å². The Morgan fingerprint density at radius 3 is 2.41 bits per heavy atom. The zero-order valence-corrected chi connectivity index (χ0v) is 13.8. The van der Waals surface area contributed by atoms with Crippen molar-refractivity contribution in [3.8, 4) is 0 Å². The summed E-state index contributed by atoms with van der Waals surface area (Å²) >= 11 is 6.83. The Bertz CT molecular complexity index is 461. The lowest BCUT2D eigenvalue weighted by Crippen LogP contribution is -2.58. The van der Waals surface area contributed by atoms with Gasteiger partial charge in [0.2, 0.25) is 0 Å². The van der Waals surface area contributed by atoms with E-state index in [-0.39, 0.29) is 16.2 Å². The van der Waals surface area contributed by atoms with E-state index >= 15 is 0 Å². The Morgan fingerprint density at radius 1 is 1.18 bits per heavy atom. The second-order valence-corrected chi connectivity index (χ2v) is 9.24. The fourth-order valence-electron chi connectivity index (χ4n) is 5.91. The van der Waals surface area contributed by atoms with Crippen LogP contribution in [0, 0.1) is 17.3 Å². The first-order valence-electron chi connectivity index (χ1n) is 8.68. The van der Waals surface area contributed by atoms with Crippen LogP contribution in [0.1, 0.15) is 51.4 Å². The quantitative estimate of drug-likeness (QED) is 0.781. The van der Waals surface area contributed by atoms with Gasteiger partial charge in [-0.15, -0.1) is 11.6 Å². The molecule has 5 aliphatic rings. The molecule has 1 heterocycles. The van der Waals surface area contributed by atoms with E-state index in [2.05, 4.69) is 5.32 Å². The SMILES string of the molecule is O=C(NCC12CC3CC(CC(Cl)(C3)C1)C2)C1(O)CCOCC1. The summed E-state index contributed by atoms with van der Waals surface area (Å²) in [5.74, 6) is 1.26. The van der Waals surface area contributed by atoms with Gasteiger partial charge in [0, 0.05) is 37.5 Å². The molecule has 1 saturated heterocycles. The molecule has 124 valence electrons. The first-order valence-corrected chi connectivity index (χ1v) is 9.06. The maximum Gasteiger partial charge on any atom is 0.252 e. The zero-order chi connectivity index (χ0) is 15.4. The van der Waals surface area contributed by atoms with Gasteiger partial charge < -0.3 is 15.2 Å². The molecular weight excluding hydrogens is 302 g/mol. The van der Waals surface area contributed by atoms with Crippen molar-refractivity contribution < 1.29 is 14.6 Å². The van der Waals surface area contributed by atoms with E-state index in [1.807, 2.05) is 0 Å². The number of hydrogen-bond acceptors (Lipinski definition) is 3. The van der Waals surface area contributed by atoms with Crippen molar-refractivity contribution in [2.75, 3.05) is 19.8 Å². The molecule has 4 bridgehead atoms. The largest absolute Gasteiger partial charge is 0.381 e. The van der Waals surface area contributed by atoms with Crippen LogP contribution < -0.4 is 5.32 Å². The number of aliphatic hydroxyl groups is 1. The Kier molecular flexibility index (Phi) is 3.52. The maximum absolute atomic E-state index is 12.4. The molecule has 22 heavy (non-hydrogen) atoms. The standard InChI is InChI=1S/C17H26ClNO3/c18-16-8-12-5-13(9-16)7-15(6-12,10-16)11-19-14(20)17(21)1-3-22-4-2-17/h12-13,21H,1-11H2,(H,19,20). The van der Waals surface area contributed by atoms with Crippen LogP contribution in [0.15, 0.2) is 0 Å². The molecule has 5 heteroatoms. The molecule has 2 N–H and O–H groups in total. The first-order chi connectivity index (χ1) is 10.4. The van der Waals surface area contributed by atoms with Gasteiger partial charge in [-0.25, -0.2) is 0 Å². The number of alkyl halides is 1. The third-order valence-electron chi connectivity index (χ3n) is 6.48. The van der Waals surface area contributed by atoms with E-state index in [1.54, 1.807) is 0 Å². The molecule has 5 fully saturated rings. The third kappa shape index (κ3) is 2.57. The number of nitrogens with one attached hydrogen (secondary N) is 1. The van der Waals surface area contributed by atoms with E-state index in [0.29, 0.717) is 32.6 Å². The zero-order valence-electron chi connectivity index (χ0n) is 13.1. The van der Waals surface area contributed by atoms with Crippen molar-refractivity contribution in [1.82, 2.24) is 5.32 Å². The number of halogens is 1. The minimum atomic E-state index is -1.24. The molecule has 1 amide bonds. The van der Waals surface area contributed by atoms with Crippen LogP contribution in [-0.2, 0) is 9.53 Å². The molecule has 0 radical (unpaired) electrons. The lowest BCUT2D eigenvalue weighted by atomic mass is 9.49. The van der Waals surface area contributed by atoms with Crippen molar-refractivity contribution in [3.05, 3.63) is 0 Å². The van der Waals surface area contributed by atoms with Crippen LogP contribution in [-0.4, -0.2) is 41.2 Å². The van der Waals surface area contributed by atoms with Gasteiger partial charge in [0.25, 0.3) is 5.91 Å². The fourth-order valence-corrected chi connectivity index (χ4v) is 6.63. The molecule has 2 unspecified atom stereocenters. The van der Waals surface area contributed by atoms with Gasteiger partial charge >= 0.3 is 0 Å². The molecule has 0 aromatic carbocycles. The summed E-state index contributed by atoms with van der Waals surface area (Å²) in [6, 6.07) is 0. The summed E-state index contributed by atoms with van der Waals surface area (Å²) in [6.07, 6.45) is 7.85. The predicted octanol–water partition coefficient (Wildman–Crippen LogP) is 2.22. The van der Waals surface area contributed by atoms with Crippen molar-refractivity contribution >= 4 is 17.5 Å². The number of amides is 1. The molecule has 2 atom stereocenters. The second-order valence-electron chi connectivity index (χ2n) is 8.44. The van der Waals surface area contributed by atoms with Crippen LogP contribution in [0.2, 0.25) is 0 Å². The molecule has 1 aliphatic heterocycles. The van der Waals surface area contributed by atoms with Gasteiger partial charge in [-0.05, 0) is 55.8 Å². The van der Waals surface area contributed by atoms with E-state index in [4.69, 9.17) is 16.3 Å². The van der Waals surface area contributed by atoms with Crippen LogP contribution in [0.4, 0.5) is 0 Å². The van der Waals surface area contributed by atoms with Gasteiger partial charge in [0.05, 0.1) is 0 Å². The van der Waals surface area contributed by atoms with Crippen molar-refractivity contribution in [3.63, 3.8) is 0 Å². The number of ether oxygens (including phenoxy) is 1. The lowest BCUT2D eigenvalue weighted by molar-refractivity contribution is -0.151. The number of hydrogen-bond donors (Lipinski definition) is 2. The smallest absolute Gasteiger partial charge is 0.252 e. The first kappa shape index (κ1) is 15.2. The van der Waals surface area contributed by atoms with Gasteiger partial charge in [-0.1, -0.05) is 0 Å². The summed E-state index contributed by atoms with van der Waals surface area (Å²) in [6.45, 7) is 1.60. The predicted molar refractivity (Wildman–Crippen MR) is 83.7 cm³/mol. The van der Waals surface area contributed by atoms with Gasteiger partial charge in [-0.3, -0.25) is 4.79 Å². The monoisotopic (exact) mass is 327 g/mol. The fraction of sp³-hybridized carbons (Fsp3) is 0.941. The average molecular weight is 328 g/mol. The summed E-state index contributed by atoms with van der Waals surface area (Å²) in [5, 5.41) is 13.5. The topological polar surface area (TPSA) is 58.6 Å². The third-order valence-corrected chi connectivity index (χ3v) is 6.92. The number of rotatable bonds is 3. The lowest BCUT2D eigenvalue weighted by Gasteiger charge is -2.60. The highest BCUT2D eigenvalue weighted by atomic mass is 35.5.